The second-order valence-corrected chi connectivity index (χ2v) is 7.39. The number of carboxylic acid groups (broad SMARTS) is 1. The minimum Gasteiger partial charge on any atom is -0.480 e. The minimum absolute atomic E-state index is 0.0175. The summed E-state index contributed by atoms with van der Waals surface area (Å²) in [5.41, 5.74) is 5.30. The van der Waals surface area contributed by atoms with Gasteiger partial charge in [-0.3, -0.25) is 4.79 Å². The molecule has 0 bridgehead atoms. The summed E-state index contributed by atoms with van der Waals surface area (Å²) in [7, 11) is 0. The predicted octanol–water partition coefficient (Wildman–Crippen LogP) is 2.46. The number of carboxylic acids is 1. The highest BCUT2D eigenvalue weighted by Crippen LogP contribution is 2.24. The summed E-state index contributed by atoms with van der Waals surface area (Å²) < 4.78 is 1.70. The van der Waals surface area contributed by atoms with Crippen LogP contribution in [0.4, 0.5) is 0 Å². The number of aromatic nitrogens is 3. The van der Waals surface area contributed by atoms with Crippen molar-refractivity contribution in [2.45, 2.75) is 39.3 Å². The van der Waals surface area contributed by atoms with Gasteiger partial charge in [0.1, 0.15) is 6.04 Å². The molecule has 0 aliphatic carbocycles. The zero-order valence-electron chi connectivity index (χ0n) is 16.4. The quantitative estimate of drug-likeness (QED) is 0.739. The minimum atomic E-state index is -0.993. The first-order valence-electron chi connectivity index (χ1n) is 9.51. The van der Waals surface area contributed by atoms with Crippen LogP contribution in [-0.4, -0.2) is 42.9 Å². The first-order valence-corrected chi connectivity index (χ1v) is 9.51. The third-order valence-corrected chi connectivity index (χ3v) is 5.44. The molecule has 0 saturated heterocycles. The van der Waals surface area contributed by atoms with Gasteiger partial charge in [0.2, 0.25) is 5.91 Å². The second kappa shape index (κ2) is 7.50. The standard InChI is InChI=1S/C22H22N4O3/c1-14-7-9-18(10-8-14)26-15(2)19(23-24-26)12-21(27)25-13-17-6-4-3-5-16(17)11-20(25)22(28)29/h3-10,20H,11-13H2,1-2H3,(H,28,29)/t20-/m0/s1. The summed E-state index contributed by atoms with van der Waals surface area (Å²) in [4.78, 5) is 26.2. The van der Waals surface area contributed by atoms with Crippen LogP contribution >= 0.6 is 0 Å². The van der Waals surface area contributed by atoms with Gasteiger partial charge in [-0.05, 0) is 37.1 Å². The molecule has 2 aromatic carbocycles. The molecule has 3 aromatic rings. The number of rotatable bonds is 4. The van der Waals surface area contributed by atoms with Crippen molar-refractivity contribution in [3.05, 3.63) is 76.6 Å². The lowest BCUT2D eigenvalue weighted by Gasteiger charge is -2.34. The Balaban J connectivity index is 1.57. The number of aryl methyl sites for hydroxylation is 1. The summed E-state index contributed by atoms with van der Waals surface area (Å²) in [5, 5.41) is 18.0. The van der Waals surface area contributed by atoms with Gasteiger partial charge in [-0.2, -0.15) is 0 Å². The molecule has 1 aromatic heterocycles. The molecule has 0 unspecified atom stereocenters. The lowest BCUT2D eigenvalue weighted by atomic mass is 9.93. The van der Waals surface area contributed by atoms with E-state index in [0.29, 0.717) is 12.1 Å². The van der Waals surface area contributed by atoms with Gasteiger partial charge in [0.25, 0.3) is 0 Å². The van der Waals surface area contributed by atoms with Crippen LogP contribution in [0.1, 0.15) is 28.1 Å². The van der Waals surface area contributed by atoms with E-state index < -0.39 is 12.0 Å². The number of aliphatic carboxylic acids is 1. The maximum absolute atomic E-state index is 13.0. The predicted molar refractivity (Wildman–Crippen MR) is 107 cm³/mol. The van der Waals surface area contributed by atoms with Gasteiger partial charge in [0, 0.05) is 13.0 Å². The normalized spacial score (nSPS) is 15.8. The number of carbonyl (C=O) groups excluding carboxylic acids is 1. The molecule has 1 aliphatic rings. The van der Waals surface area contributed by atoms with Crippen LogP contribution < -0.4 is 0 Å². The van der Waals surface area contributed by atoms with Crippen molar-refractivity contribution < 1.29 is 14.7 Å². The topological polar surface area (TPSA) is 88.3 Å². The number of hydrogen-bond acceptors (Lipinski definition) is 4. The third-order valence-electron chi connectivity index (χ3n) is 5.44. The van der Waals surface area contributed by atoms with Gasteiger partial charge in [0.15, 0.2) is 0 Å². The Morgan fingerprint density at radius 1 is 1.07 bits per heavy atom. The molecule has 7 nitrogen and oxygen atoms in total. The molecule has 29 heavy (non-hydrogen) atoms. The highest BCUT2D eigenvalue weighted by atomic mass is 16.4. The van der Waals surface area contributed by atoms with Gasteiger partial charge < -0.3 is 10.0 Å². The van der Waals surface area contributed by atoms with Crippen molar-refractivity contribution in [3.8, 4) is 5.69 Å². The number of nitrogens with zero attached hydrogens (tertiary/aromatic N) is 4. The average molecular weight is 390 g/mol. The number of amides is 1. The Bertz CT molecular complexity index is 1070. The number of carbonyl (C=O) groups is 2. The average Bonchev–Trinajstić information content (AvgIpc) is 3.07. The van der Waals surface area contributed by atoms with E-state index in [1.165, 1.54) is 4.90 Å². The monoisotopic (exact) mass is 390 g/mol. The summed E-state index contributed by atoms with van der Waals surface area (Å²) in [6, 6.07) is 14.7. The van der Waals surface area contributed by atoms with E-state index in [1.54, 1.807) is 4.68 Å². The van der Waals surface area contributed by atoms with E-state index >= 15 is 0 Å². The largest absolute Gasteiger partial charge is 0.480 e. The number of benzene rings is 2. The van der Waals surface area contributed by atoms with Crippen LogP contribution in [0.2, 0.25) is 0 Å². The number of hydrogen-bond donors (Lipinski definition) is 1. The van der Waals surface area contributed by atoms with E-state index in [1.807, 2.05) is 62.4 Å². The van der Waals surface area contributed by atoms with Gasteiger partial charge in [-0.25, -0.2) is 9.48 Å². The fraction of sp³-hybridized carbons (Fsp3) is 0.273. The fourth-order valence-corrected chi connectivity index (χ4v) is 3.71. The molecule has 1 aliphatic heterocycles. The Kier molecular flexibility index (Phi) is 4.88. The Labute approximate surface area is 168 Å². The lowest BCUT2D eigenvalue weighted by Crippen LogP contribution is -2.49. The molecule has 1 N–H and O–H groups in total. The third kappa shape index (κ3) is 3.63. The first-order chi connectivity index (χ1) is 13.9. The molecule has 0 radical (unpaired) electrons. The fourth-order valence-electron chi connectivity index (χ4n) is 3.71. The SMILES string of the molecule is Cc1ccc(-n2nnc(CC(=O)N3Cc4ccccc4C[C@H]3C(=O)O)c2C)cc1. The molecule has 4 rings (SSSR count). The van der Waals surface area contributed by atoms with E-state index in [-0.39, 0.29) is 18.9 Å². The van der Waals surface area contributed by atoms with Crippen molar-refractivity contribution in [2.75, 3.05) is 0 Å². The maximum atomic E-state index is 13.0. The summed E-state index contributed by atoms with van der Waals surface area (Å²) in [6.45, 7) is 4.16. The van der Waals surface area contributed by atoms with Gasteiger partial charge in [-0.1, -0.05) is 47.2 Å². The molecule has 0 fully saturated rings. The first kappa shape index (κ1) is 18.9. The zero-order valence-corrected chi connectivity index (χ0v) is 16.4. The maximum Gasteiger partial charge on any atom is 0.326 e. The van der Waals surface area contributed by atoms with Crippen LogP contribution in [0, 0.1) is 13.8 Å². The van der Waals surface area contributed by atoms with Crippen LogP contribution in [0.25, 0.3) is 5.69 Å². The Hall–Kier alpha value is -3.48. The number of fused-ring (bicyclic) bond motifs is 1. The van der Waals surface area contributed by atoms with E-state index in [2.05, 4.69) is 10.3 Å². The molecular weight excluding hydrogens is 368 g/mol. The van der Waals surface area contributed by atoms with E-state index in [9.17, 15) is 14.7 Å². The van der Waals surface area contributed by atoms with Gasteiger partial charge in [0.05, 0.1) is 23.5 Å². The van der Waals surface area contributed by atoms with Crippen molar-refractivity contribution in [1.82, 2.24) is 19.9 Å². The summed E-state index contributed by atoms with van der Waals surface area (Å²) >= 11 is 0. The van der Waals surface area contributed by atoms with Gasteiger partial charge in [-0.15, -0.1) is 5.10 Å². The smallest absolute Gasteiger partial charge is 0.326 e. The van der Waals surface area contributed by atoms with Crippen molar-refractivity contribution in [1.29, 1.82) is 0 Å². The molecule has 1 atom stereocenters. The van der Waals surface area contributed by atoms with Crippen molar-refractivity contribution in [2.24, 2.45) is 0 Å². The molecular formula is C22H22N4O3. The van der Waals surface area contributed by atoms with Crippen molar-refractivity contribution >= 4 is 11.9 Å². The van der Waals surface area contributed by atoms with Crippen molar-refractivity contribution in [3.63, 3.8) is 0 Å². The molecule has 0 spiro atoms. The van der Waals surface area contributed by atoms with Crippen LogP contribution in [0.15, 0.2) is 48.5 Å². The second-order valence-electron chi connectivity index (χ2n) is 7.39. The van der Waals surface area contributed by atoms with Crippen LogP contribution in [-0.2, 0) is 29.0 Å². The Morgan fingerprint density at radius 2 is 1.76 bits per heavy atom. The molecule has 2 heterocycles. The molecule has 1 amide bonds. The summed E-state index contributed by atoms with van der Waals surface area (Å²) in [5.74, 6) is -1.25. The van der Waals surface area contributed by atoms with E-state index in [0.717, 1.165) is 28.1 Å². The Morgan fingerprint density at radius 3 is 2.45 bits per heavy atom. The summed E-state index contributed by atoms with van der Waals surface area (Å²) in [6.07, 6.45) is 0.329. The lowest BCUT2D eigenvalue weighted by molar-refractivity contribution is -0.151. The van der Waals surface area contributed by atoms with Gasteiger partial charge >= 0.3 is 5.97 Å². The molecule has 148 valence electrons. The van der Waals surface area contributed by atoms with E-state index in [4.69, 9.17) is 0 Å². The van der Waals surface area contributed by atoms with Crippen LogP contribution in [0.5, 0.6) is 0 Å². The molecule has 7 heteroatoms. The van der Waals surface area contributed by atoms with Crippen LogP contribution in [0.3, 0.4) is 0 Å². The zero-order chi connectivity index (χ0) is 20.5. The highest BCUT2D eigenvalue weighted by Gasteiger charge is 2.34. The molecule has 0 saturated carbocycles. The highest BCUT2D eigenvalue weighted by molar-refractivity contribution is 5.85.